The molecule has 0 spiro atoms. The zero-order chi connectivity index (χ0) is 14.4. The van der Waals surface area contributed by atoms with Crippen molar-refractivity contribution in [1.29, 1.82) is 5.41 Å². The van der Waals surface area contributed by atoms with Gasteiger partial charge >= 0.3 is 0 Å². The van der Waals surface area contributed by atoms with Crippen LogP contribution >= 0.6 is 11.6 Å². The van der Waals surface area contributed by atoms with Crippen molar-refractivity contribution in [2.24, 2.45) is 5.73 Å². The highest BCUT2D eigenvalue weighted by Crippen LogP contribution is 2.20. The molecule has 1 aromatic rings. The highest BCUT2D eigenvalue weighted by Gasteiger charge is 2.16. The standard InChI is InChI=1S/C15H23ClN4/c16-13-4-3-5-14(12-13)20-10-8-19(9-11-20)7-2-1-6-15(17)18/h3-5,12H,1-2,6-11H2,(H3,17,18). The summed E-state index contributed by atoms with van der Waals surface area (Å²) in [5, 5.41) is 8.00. The third kappa shape index (κ3) is 4.69. The van der Waals surface area contributed by atoms with Crippen molar-refractivity contribution in [3.8, 4) is 0 Å². The van der Waals surface area contributed by atoms with Crippen molar-refractivity contribution in [3.05, 3.63) is 29.3 Å². The fourth-order valence-corrected chi connectivity index (χ4v) is 2.74. The van der Waals surface area contributed by atoms with E-state index in [0.717, 1.165) is 57.0 Å². The second-order valence-corrected chi connectivity index (χ2v) is 5.73. The fraction of sp³-hybridized carbons (Fsp3) is 0.533. The predicted octanol–water partition coefficient (Wildman–Crippen LogP) is 2.57. The third-order valence-corrected chi connectivity index (χ3v) is 3.95. The average Bonchev–Trinajstić information content (AvgIpc) is 2.44. The number of unbranched alkanes of at least 4 members (excludes halogenated alkanes) is 1. The number of nitrogens with two attached hydrogens (primary N) is 1. The molecule has 5 heteroatoms. The van der Waals surface area contributed by atoms with Crippen LogP contribution in [0.2, 0.25) is 5.02 Å². The van der Waals surface area contributed by atoms with Gasteiger partial charge in [0.25, 0.3) is 0 Å². The molecule has 0 aromatic heterocycles. The molecule has 1 heterocycles. The highest BCUT2D eigenvalue weighted by atomic mass is 35.5. The van der Waals surface area contributed by atoms with Gasteiger partial charge in [0.05, 0.1) is 5.84 Å². The largest absolute Gasteiger partial charge is 0.388 e. The number of halogens is 1. The molecule has 4 nitrogen and oxygen atoms in total. The van der Waals surface area contributed by atoms with Crippen molar-refractivity contribution in [2.75, 3.05) is 37.6 Å². The SMILES string of the molecule is N=C(N)CCCCN1CCN(c2cccc(Cl)c2)CC1. The van der Waals surface area contributed by atoms with Gasteiger partial charge in [0, 0.05) is 43.3 Å². The van der Waals surface area contributed by atoms with E-state index in [0.29, 0.717) is 5.84 Å². The van der Waals surface area contributed by atoms with Crippen molar-refractivity contribution in [1.82, 2.24) is 4.90 Å². The molecular formula is C15H23ClN4. The first-order chi connectivity index (χ1) is 9.65. The molecule has 0 saturated carbocycles. The van der Waals surface area contributed by atoms with Crippen LogP contribution in [0, 0.1) is 5.41 Å². The van der Waals surface area contributed by atoms with Gasteiger partial charge in [0.2, 0.25) is 0 Å². The first-order valence-electron chi connectivity index (χ1n) is 7.21. The van der Waals surface area contributed by atoms with Gasteiger partial charge in [-0.3, -0.25) is 10.3 Å². The Morgan fingerprint density at radius 1 is 1.20 bits per heavy atom. The molecule has 0 atom stereocenters. The first kappa shape index (κ1) is 15.1. The van der Waals surface area contributed by atoms with Gasteiger partial charge in [0.15, 0.2) is 0 Å². The minimum absolute atomic E-state index is 0.302. The number of hydrogen-bond donors (Lipinski definition) is 2. The van der Waals surface area contributed by atoms with E-state index < -0.39 is 0 Å². The minimum Gasteiger partial charge on any atom is -0.388 e. The summed E-state index contributed by atoms with van der Waals surface area (Å²) in [6.07, 6.45) is 2.86. The Morgan fingerprint density at radius 3 is 2.60 bits per heavy atom. The van der Waals surface area contributed by atoms with E-state index in [2.05, 4.69) is 15.9 Å². The lowest BCUT2D eigenvalue weighted by Crippen LogP contribution is -2.46. The molecule has 110 valence electrons. The van der Waals surface area contributed by atoms with Gasteiger partial charge in [-0.05, 0) is 37.6 Å². The fourth-order valence-electron chi connectivity index (χ4n) is 2.55. The van der Waals surface area contributed by atoms with Crippen molar-refractivity contribution < 1.29 is 0 Å². The molecule has 1 aliphatic heterocycles. The normalized spacial score (nSPS) is 16.4. The van der Waals surface area contributed by atoms with Crippen molar-refractivity contribution in [2.45, 2.75) is 19.3 Å². The molecule has 0 aliphatic carbocycles. The number of nitrogens with one attached hydrogen (secondary N) is 1. The summed E-state index contributed by atoms with van der Waals surface area (Å²) in [4.78, 5) is 4.87. The summed E-state index contributed by atoms with van der Waals surface area (Å²) in [6, 6.07) is 8.07. The van der Waals surface area contributed by atoms with Gasteiger partial charge in [-0.15, -0.1) is 0 Å². The van der Waals surface area contributed by atoms with E-state index in [1.165, 1.54) is 5.69 Å². The lowest BCUT2D eigenvalue weighted by molar-refractivity contribution is 0.253. The van der Waals surface area contributed by atoms with Crippen LogP contribution < -0.4 is 10.6 Å². The van der Waals surface area contributed by atoms with Crippen LogP contribution in [0.3, 0.4) is 0 Å². The number of piperazine rings is 1. The van der Waals surface area contributed by atoms with E-state index in [1.807, 2.05) is 18.2 Å². The van der Waals surface area contributed by atoms with Gasteiger partial charge in [-0.25, -0.2) is 0 Å². The van der Waals surface area contributed by atoms with Crippen LogP contribution in [-0.4, -0.2) is 43.5 Å². The van der Waals surface area contributed by atoms with Crippen molar-refractivity contribution >= 4 is 23.1 Å². The molecule has 0 radical (unpaired) electrons. The molecule has 1 fully saturated rings. The molecule has 1 saturated heterocycles. The summed E-state index contributed by atoms with van der Waals surface area (Å²) in [7, 11) is 0. The summed E-state index contributed by atoms with van der Waals surface area (Å²) in [5.41, 5.74) is 6.58. The smallest absolute Gasteiger partial charge is 0.0905 e. The zero-order valence-electron chi connectivity index (χ0n) is 11.8. The highest BCUT2D eigenvalue weighted by molar-refractivity contribution is 6.30. The number of benzene rings is 1. The Morgan fingerprint density at radius 2 is 1.95 bits per heavy atom. The zero-order valence-corrected chi connectivity index (χ0v) is 12.6. The first-order valence-corrected chi connectivity index (χ1v) is 7.59. The van der Waals surface area contributed by atoms with Crippen LogP contribution in [0.1, 0.15) is 19.3 Å². The second-order valence-electron chi connectivity index (χ2n) is 5.29. The van der Waals surface area contributed by atoms with Crippen LogP contribution in [0.25, 0.3) is 0 Å². The lowest BCUT2D eigenvalue weighted by Gasteiger charge is -2.36. The Hall–Kier alpha value is -1.26. The lowest BCUT2D eigenvalue weighted by atomic mass is 10.2. The van der Waals surface area contributed by atoms with Gasteiger partial charge in [-0.1, -0.05) is 17.7 Å². The molecule has 1 aromatic carbocycles. The number of anilines is 1. The van der Waals surface area contributed by atoms with Gasteiger partial charge in [0.1, 0.15) is 0 Å². The Labute approximate surface area is 126 Å². The molecule has 3 N–H and O–H groups in total. The number of hydrogen-bond acceptors (Lipinski definition) is 3. The average molecular weight is 295 g/mol. The predicted molar refractivity (Wildman–Crippen MR) is 85.9 cm³/mol. The van der Waals surface area contributed by atoms with E-state index in [9.17, 15) is 0 Å². The van der Waals surface area contributed by atoms with Crippen LogP contribution in [-0.2, 0) is 0 Å². The molecule has 20 heavy (non-hydrogen) atoms. The maximum absolute atomic E-state index is 7.20. The van der Waals surface area contributed by atoms with Crippen molar-refractivity contribution in [3.63, 3.8) is 0 Å². The summed E-state index contributed by atoms with van der Waals surface area (Å²) >= 11 is 6.04. The number of amidine groups is 1. The number of nitrogens with zero attached hydrogens (tertiary/aromatic N) is 2. The number of rotatable bonds is 6. The molecular weight excluding hydrogens is 272 g/mol. The monoisotopic (exact) mass is 294 g/mol. The van der Waals surface area contributed by atoms with Crippen LogP contribution in [0.5, 0.6) is 0 Å². The molecule has 1 aliphatic rings. The maximum atomic E-state index is 7.20. The maximum Gasteiger partial charge on any atom is 0.0905 e. The quantitative estimate of drug-likeness (QED) is 0.482. The van der Waals surface area contributed by atoms with E-state index in [-0.39, 0.29) is 0 Å². The summed E-state index contributed by atoms with van der Waals surface area (Å²) in [6.45, 7) is 5.38. The molecule has 0 unspecified atom stereocenters. The Balaban J connectivity index is 1.71. The van der Waals surface area contributed by atoms with Gasteiger partial charge in [-0.2, -0.15) is 0 Å². The molecule has 0 amide bonds. The van der Waals surface area contributed by atoms with Gasteiger partial charge < -0.3 is 10.6 Å². The second kappa shape index (κ2) is 7.50. The summed E-state index contributed by atoms with van der Waals surface area (Å²) < 4.78 is 0. The topological polar surface area (TPSA) is 56.4 Å². The van der Waals surface area contributed by atoms with Crippen LogP contribution in [0.15, 0.2) is 24.3 Å². The third-order valence-electron chi connectivity index (χ3n) is 3.72. The minimum atomic E-state index is 0.302. The van der Waals surface area contributed by atoms with E-state index in [1.54, 1.807) is 0 Å². The van der Waals surface area contributed by atoms with Crippen LogP contribution in [0.4, 0.5) is 5.69 Å². The Bertz CT molecular complexity index is 441. The van der Waals surface area contributed by atoms with E-state index in [4.69, 9.17) is 22.7 Å². The molecule has 0 bridgehead atoms. The molecule has 2 rings (SSSR count). The van der Waals surface area contributed by atoms with E-state index >= 15 is 0 Å². The Kier molecular flexibility index (Phi) is 5.68. The summed E-state index contributed by atoms with van der Waals surface area (Å²) in [5.74, 6) is 0.302.